The monoisotopic (exact) mass is 287 g/mol. The molecule has 0 aliphatic carbocycles. The molecule has 0 bridgehead atoms. The number of benzene rings is 1. The van der Waals surface area contributed by atoms with Crippen LogP contribution in [0.15, 0.2) is 34.7 Å². The van der Waals surface area contributed by atoms with Crippen molar-refractivity contribution in [2.24, 2.45) is 0 Å². The molecule has 0 saturated carbocycles. The van der Waals surface area contributed by atoms with Crippen molar-refractivity contribution in [1.82, 2.24) is 5.32 Å². The summed E-state index contributed by atoms with van der Waals surface area (Å²) >= 11 is 0. The van der Waals surface area contributed by atoms with Crippen molar-refractivity contribution >= 4 is 0 Å². The molecule has 1 unspecified atom stereocenters. The van der Waals surface area contributed by atoms with Crippen LogP contribution in [0.4, 0.5) is 0 Å². The summed E-state index contributed by atoms with van der Waals surface area (Å²) in [6.45, 7) is 3.49. The molecular formula is C17H21NO3. The van der Waals surface area contributed by atoms with Gasteiger partial charge in [-0.15, -0.1) is 0 Å². The maximum atomic E-state index is 5.87. The Balaban J connectivity index is 1.91. The van der Waals surface area contributed by atoms with Crippen molar-refractivity contribution in [3.63, 3.8) is 0 Å². The van der Waals surface area contributed by atoms with Crippen LogP contribution in [0.2, 0.25) is 0 Å². The van der Waals surface area contributed by atoms with Gasteiger partial charge < -0.3 is 19.2 Å². The van der Waals surface area contributed by atoms with Crippen LogP contribution in [-0.2, 0) is 6.42 Å². The van der Waals surface area contributed by atoms with Crippen LogP contribution in [0.1, 0.15) is 36.5 Å². The third-order valence-electron chi connectivity index (χ3n) is 3.71. The Kier molecular flexibility index (Phi) is 4.15. The second-order valence-corrected chi connectivity index (χ2v) is 5.14. The van der Waals surface area contributed by atoms with E-state index in [0.29, 0.717) is 13.2 Å². The summed E-state index contributed by atoms with van der Waals surface area (Å²) in [4.78, 5) is 0. The van der Waals surface area contributed by atoms with Crippen LogP contribution in [0.5, 0.6) is 11.5 Å². The predicted octanol–water partition coefficient (Wildman–Crippen LogP) is 3.31. The highest BCUT2D eigenvalue weighted by Gasteiger charge is 2.19. The van der Waals surface area contributed by atoms with Gasteiger partial charge in [0.2, 0.25) is 0 Å². The maximum absolute atomic E-state index is 5.87. The Morgan fingerprint density at radius 1 is 1.10 bits per heavy atom. The van der Waals surface area contributed by atoms with Crippen molar-refractivity contribution < 1.29 is 13.9 Å². The van der Waals surface area contributed by atoms with Crippen LogP contribution >= 0.6 is 0 Å². The summed E-state index contributed by atoms with van der Waals surface area (Å²) in [7, 11) is 1.93. The van der Waals surface area contributed by atoms with Gasteiger partial charge in [0.25, 0.3) is 0 Å². The fourth-order valence-electron chi connectivity index (χ4n) is 2.57. The zero-order chi connectivity index (χ0) is 14.7. The molecule has 0 radical (unpaired) electrons. The number of hydrogen-bond donors (Lipinski definition) is 1. The molecule has 0 fully saturated rings. The number of aryl methyl sites for hydroxylation is 1. The number of rotatable bonds is 4. The molecule has 21 heavy (non-hydrogen) atoms. The molecule has 3 rings (SSSR count). The van der Waals surface area contributed by atoms with E-state index >= 15 is 0 Å². The van der Waals surface area contributed by atoms with Crippen molar-refractivity contribution in [1.29, 1.82) is 0 Å². The third-order valence-corrected chi connectivity index (χ3v) is 3.71. The lowest BCUT2D eigenvalue weighted by Gasteiger charge is -2.16. The van der Waals surface area contributed by atoms with Crippen molar-refractivity contribution in [3.05, 3.63) is 47.4 Å². The molecule has 1 aliphatic heterocycles. The predicted molar refractivity (Wildman–Crippen MR) is 81.0 cm³/mol. The number of nitrogens with one attached hydrogen (secondary N) is 1. The molecule has 0 spiro atoms. The molecule has 4 nitrogen and oxygen atoms in total. The lowest BCUT2D eigenvalue weighted by atomic mass is 10.0. The van der Waals surface area contributed by atoms with Crippen LogP contribution in [0, 0.1) is 0 Å². The average Bonchev–Trinajstić information content (AvgIpc) is 2.86. The molecule has 112 valence electrons. The maximum Gasteiger partial charge on any atom is 0.161 e. The molecule has 0 amide bonds. The van der Waals surface area contributed by atoms with Gasteiger partial charge >= 0.3 is 0 Å². The molecule has 1 atom stereocenters. The first kappa shape index (κ1) is 14.0. The minimum absolute atomic E-state index is 0.0162. The molecular weight excluding hydrogens is 266 g/mol. The number of fused-ring (bicyclic) bond motifs is 1. The Labute approximate surface area is 125 Å². The third kappa shape index (κ3) is 2.90. The van der Waals surface area contributed by atoms with E-state index in [4.69, 9.17) is 13.9 Å². The lowest BCUT2D eigenvalue weighted by Crippen LogP contribution is -2.17. The minimum atomic E-state index is 0.0162. The first-order valence-electron chi connectivity index (χ1n) is 7.47. The molecule has 0 saturated heterocycles. The van der Waals surface area contributed by atoms with Gasteiger partial charge in [0, 0.05) is 12.8 Å². The first-order chi connectivity index (χ1) is 10.3. The summed E-state index contributed by atoms with van der Waals surface area (Å²) < 4.78 is 17.3. The van der Waals surface area contributed by atoms with Crippen LogP contribution in [0.25, 0.3) is 0 Å². The molecule has 1 aromatic carbocycles. The number of furan rings is 1. The highest BCUT2D eigenvalue weighted by molar-refractivity contribution is 5.45. The Morgan fingerprint density at radius 2 is 1.90 bits per heavy atom. The standard InChI is InChI=1S/C17H21NO3/c1-3-13-6-8-15(21-13)17(18-2)12-5-7-14-16(11-12)20-10-4-9-19-14/h5-8,11,17-18H,3-4,9-10H2,1-2H3. The quantitative estimate of drug-likeness (QED) is 0.937. The zero-order valence-corrected chi connectivity index (χ0v) is 12.5. The molecule has 2 aromatic rings. The van der Waals surface area contributed by atoms with E-state index in [2.05, 4.69) is 18.3 Å². The first-order valence-corrected chi connectivity index (χ1v) is 7.47. The van der Waals surface area contributed by atoms with Gasteiger partial charge in [-0.05, 0) is 36.9 Å². The van der Waals surface area contributed by atoms with E-state index in [1.807, 2.05) is 31.3 Å². The highest BCUT2D eigenvalue weighted by Crippen LogP contribution is 2.34. The van der Waals surface area contributed by atoms with E-state index in [0.717, 1.165) is 41.4 Å². The van der Waals surface area contributed by atoms with Crippen LogP contribution in [0.3, 0.4) is 0 Å². The lowest BCUT2D eigenvalue weighted by molar-refractivity contribution is 0.297. The molecule has 1 aromatic heterocycles. The number of ether oxygens (including phenoxy) is 2. The summed E-state index contributed by atoms with van der Waals surface area (Å²) in [5.74, 6) is 3.55. The summed E-state index contributed by atoms with van der Waals surface area (Å²) in [6.07, 6.45) is 1.81. The zero-order valence-electron chi connectivity index (χ0n) is 12.5. The Hall–Kier alpha value is -1.94. The van der Waals surface area contributed by atoms with Gasteiger partial charge in [-0.25, -0.2) is 0 Å². The second-order valence-electron chi connectivity index (χ2n) is 5.14. The topological polar surface area (TPSA) is 43.6 Å². The fraction of sp³-hybridized carbons (Fsp3) is 0.412. The van der Waals surface area contributed by atoms with E-state index in [1.165, 1.54) is 0 Å². The fourth-order valence-corrected chi connectivity index (χ4v) is 2.57. The van der Waals surface area contributed by atoms with E-state index in [9.17, 15) is 0 Å². The van der Waals surface area contributed by atoms with E-state index < -0.39 is 0 Å². The average molecular weight is 287 g/mol. The molecule has 4 heteroatoms. The minimum Gasteiger partial charge on any atom is -0.490 e. The van der Waals surface area contributed by atoms with Crippen molar-refractivity contribution in [2.75, 3.05) is 20.3 Å². The van der Waals surface area contributed by atoms with Gasteiger partial charge in [-0.2, -0.15) is 0 Å². The highest BCUT2D eigenvalue weighted by atomic mass is 16.5. The number of hydrogen-bond acceptors (Lipinski definition) is 4. The van der Waals surface area contributed by atoms with Gasteiger partial charge in [0.15, 0.2) is 11.5 Å². The summed E-state index contributed by atoms with van der Waals surface area (Å²) in [6, 6.07) is 10.1. The van der Waals surface area contributed by atoms with E-state index in [1.54, 1.807) is 0 Å². The Bertz CT molecular complexity index is 606. The molecule has 2 heterocycles. The van der Waals surface area contributed by atoms with E-state index in [-0.39, 0.29) is 6.04 Å². The summed E-state index contributed by atoms with van der Waals surface area (Å²) in [5.41, 5.74) is 1.11. The van der Waals surface area contributed by atoms with Gasteiger partial charge in [0.05, 0.1) is 19.3 Å². The smallest absolute Gasteiger partial charge is 0.161 e. The van der Waals surface area contributed by atoms with Crippen LogP contribution < -0.4 is 14.8 Å². The van der Waals surface area contributed by atoms with Crippen molar-refractivity contribution in [2.45, 2.75) is 25.8 Å². The largest absolute Gasteiger partial charge is 0.490 e. The molecule has 1 N–H and O–H groups in total. The normalized spacial score (nSPS) is 15.5. The summed E-state index contributed by atoms with van der Waals surface area (Å²) in [5, 5.41) is 3.30. The van der Waals surface area contributed by atoms with Crippen LogP contribution in [-0.4, -0.2) is 20.3 Å². The van der Waals surface area contributed by atoms with Crippen molar-refractivity contribution in [3.8, 4) is 11.5 Å². The molecule has 1 aliphatic rings. The van der Waals surface area contributed by atoms with Gasteiger partial charge in [0.1, 0.15) is 11.5 Å². The Morgan fingerprint density at radius 3 is 2.62 bits per heavy atom. The van der Waals surface area contributed by atoms with Gasteiger partial charge in [-0.3, -0.25) is 0 Å². The SMILES string of the molecule is CCc1ccc(C(NC)c2ccc3c(c2)OCCCO3)o1. The van der Waals surface area contributed by atoms with Gasteiger partial charge in [-0.1, -0.05) is 13.0 Å². The second kappa shape index (κ2) is 6.22.